The Morgan fingerprint density at radius 2 is 1.82 bits per heavy atom. The van der Waals surface area contributed by atoms with E-state index in [0.717, 1.165) is 6.42 Å². The van der Waals surface area contributed by atoms with Gasteiger partial charge in [-0.15, -0.1) is 0 Å². The smallest absolute Gasteiger partial charge is 0.0445 e. The van der Waals surface area contributed by atoms with E-state index in [1.807, 2.05) is 7.05 Å². The van der Waals surface area contributed by atoms with Gasteiger partial charge in [-0.2, -0.15) is 0 Å². The first kappa shape index (κ1) is 14.0. The predicted molar refractivity (Wildman–Crippen MR) is 77.2 cm³/mol. The van der Waals surface area contributed by atoms with Crippen LogP contribution >= 0.6 is 0 Å². The van der Waals surface area contributed by atoms with E-state index in [1.54, 1.807) is 0 Å². The van der Waals surface area contributed by atoms with Crippen molar-refractivity contribution in [2.75, 3.05) is 7.05 Å². The van der Waals surface area contributed by atoms with Crippen molar-refractivity contribution in [1.29, 1.82) is 0 Å². The molecule has 1 aromatic carbocycles. The fourth-order valence-electron chi connectivity index (χ4n) is 2.23. The largest absolute Gasteiger partial charge is 0.292 e. The van der Waals surface area contributed by atoms with Crippen LogP contribution in [0.15, 0.2) is 23.2 Å². The molecule has 1 aromatic rings. The molecule has 17 heavy (non-hydrogen) atoms. The maximum absolute atomic E-state index is 4.47. The first-order chi connectivity index (χ1) is 8.01. The second kappa shape index (κ2) is 6.00. The van der Waals surface area contributed by atoms with Crippen molar-refractivity contribution in [2.24, 2.45) is 10.9 Å². The van der Waals surface area contributed by atoms with Crippen LogP contribution in [-0.4, -0.2) is 12.8 Å². The van der Waals surface area contributed by atoms with Gasteiger partial charge >= 0.3 is 0 Å². The zero-order valence-corrected chi connectivity index (χ0v) is 12.0. The maximum Gasteiger partial charge on any atom is 0.0445 e. The topological polar surface area (TPSA) is 12.4 Å². The van der Waals surface area contributed by atoms with Crippen molar-refractivity contribution < 1.29 is 0 Å². The Bertz CT molecular complexity index is 400. The van der Waals surface area contributed by atoms with Crippen LogP contribution in [0.5, 0.6) is 0 Å². The van der Waals surface area contributed by atoms with Crippen molar-refractivity contribution in [2.45, 2.75) is 47.0 Å². The van der Waals surface area contributed by atoms with E-state index in [1.165, 1.54) is 22.4 Å². The second-order valence-electron chi connectivity index (χ2n) is 5.19. The molecule has 0 radical (unpaired) electrons. The Kier molecular flexibility index (Phi) is 4.92. The van der Waals surface area contributed by atoms with Gasteiger partial charge in [-0.1, -0.05) is 52.8 Å². The van der Waals surface area contributed by atoms with Crippen LogP contribution in [0.3, 0.4) is 0 Å². The van der Waals surface area contributed by atoms with Crippen LogP contribution in [-0.2, 0) is 6.42 Å². The number of nitrogens with zero attached hydrogens (tertiary/aromatic N) is 1. The molecule has 0 saturated carbocycles. The molecule has 1 heteroatoms. The molecule has 1 rings (SSSR count). The summed E-state index contributed by atoms with van der Waals surface area (Å²) >= 11 is 0. The molecule has 0 saturated heterocycles. The van der Waals surface area contributed by atoms with Gasteiger partial charge in [0.2, 0.25) is 0 Å². The van der Waals surface area contributed by atoms with Gasteiger partial charge in [-0.25, -0.2) is 0 Å². The Morgan fingerprint density at radius 1 is 1.18 bits per heavy atom. The van der Waals surface area contributed by atoms with Gasteiger partial charge in [0.05, 0.1) is 0 Å². The van der Waals surface area contributed by atoms with Gasteiger partial charge in [0.1, 0.15) is 0 Å². The van der Waals surface area contributed by atoms with Crippen LogP contribution < -0.4 is 0 Å². The van der Waals surface area contributed by atoms with Crippen molar-refractivity contribution in [3.05, 3.63) is 34.9 Å². The molecule has 0 heterocycles. The Balaban J connectivity index is 3.32. The van der Waals surface area contributed by atoms with Gasteiger partial charge in [-0.3, -0.25) is 4.99 Å². The lowest BCUT2D eigenvalue weighted by molar-refractivity contribution is 0.842. The Hall–Kier alpha value is -1.11. The molecule has 0 aromatic heterocycles. The average Bonchev–Trinajstić information content (AvgIpc) is 2.29. The fraction of sp³-hybridized carbons (Fsp3) is 0.562. The summed E-state index contributed by atoms with van der Waals surface area (Å²) in [6.07, 6.45) is 1.10. The molecule has 0 N–H and O–H groups in total. The third-order valence-electron chi connectivity index (χ3n) is 3.21. The molecule has 0 unspecified atom stereocenters. The molecule has 0 bridgehead atoms. The van der Waals surface area contributed by atoms with Gasteiger partial charge in [0.25, 0.3) is 0 Å². The standard InChI is InChI=1S/C16H25N/c1-7-13-8-9-14(15(10-13)11(2)3)16(17-6)12(4)5/h8-12H,7H2,1-6H3. The molecule has 0 atom stereocenters. The van der Waals surface area contributed by atoms with Gasteiger partial charge in [0, 0.05) is 12.8 Å². The third-order valence-corrected chi connectivity index (χ3v) is 3.21. The summed E-state index contributed by atoms with van der Waals surface area (Å²) in [5.41, 5.74) is 5.39. The number of hydrogen-bond donors (Lipinski definition) is 0. The van der Waals surface area contributed by atoms with Crippen LogP contribution in [0.1, 0.15) is 57.2 Å². The van der Waals surface area contributed by atoms with Crippen LogP contribution in [0.2, 0.25) is 0 Å². The molecule has 0 aliphatic carbocycles. The van der Waals surface area contributed by atoms with E-state index < -0.39 is 0 Å². The van der Waals surface area contributed by atoms with Crippen molar-refractivity contribution in [3.63, 3.8) is 0 Å². The molecule has 0 fully saturated rings. The quantitative estimate of drug-likeness (QED) is 0.679. The monoisotopic (exact) mass is 231 g/mol. The summed E-state index contributed by atoms with van der Waals surface area (Å²) < 4.78 is 0. The predicted octanol–water partition coefficient (Wildman–Crippen LogP) is 4.45. The summed E-state index contributed by atoms with van der Waals surface area (Å²) in [7, 11) is 1.90. The fourth-order valence-corrected chi connectivity index (χ4v) is 2.23. The highest BCUT2D eigenvalue weighted by atomic mass is 14.7. The molecular weight excluding hydrogens is 206 g/mol. The van der Waals surface area contributed by atoms with E-state index >= 15 is 0 Å². The van der Waals surface area contributed by atoms with Gasteiger partial charge in [-0.05, 0) is 34.9 Å². The average molecular weight is 231 g/mol. The number of hydrogen-bond acceptors (Lipinski definition) is 1. The van der Waals surface area contributed by atoms with Crippen molar-refractivity contribution in [3.8, 4) is 0 Å². The van der Waals surface area contributed by atoms with E-state index in [9.17, 15) is 0 Å². The number of aliphatic imine (C=N–C) groups is 1. The summed E-state index contributed by atoms with van der Waals surface area (Å²) in [4.78, 5) is 4.47. The van der Waals surface area contributed by atoms with E-state index in [2.05, 4.69) is 57.8 Å². The van der Waals surface area contributed by atoms with Crippen LogP contribution in [0.4, 0.5) is 0 Å². The minimum Gasteiger partial charge on any atom is -0.292 e. The minimum absolute atomic E-state index is 0.477. The number of rotatable bonds is 4. The molecule has 1 nitrogen and oxygen atoms in total. The first-order valence-corrected chi connectivity index (χ1v) is 6.61. The minimum atomic E-state index is 0.477. The molecular formula is C16H25N. The lowest BCUT2D eigenvalue weighted by atomic mass is 9.88. The van der Waals surface area contributed by atoms with E-state index in [4.69, 9.17) is 0 Å². The van der Waals surface area contributed by atoms with Gasteiger partial charge < -0.3 is 0 Å². The van der Waals surface area contributed by atoms with E-state index in [0.29, 0.717) is 11.8 Å². The summed E-state index contributed by atoms with van der Waals surface area (Å²) in [5.74, 6) is 1.02. The molecule has 0 spiro atoms. The SMILES string of the molecule is CCc1ccc(C(=NC)C(C)C)c(C(C)C)c1. The Morgan fingerprint density at radius 3 is 2.24 bits per heavy atom. The zero-order valence-electron chi connectivity index (χ0n) is 12.0. The summed E-state index contributed by atoms with van der Waals surface area (Å²) in [6.45, 7) is 11.1. The normalized spacial score (nSPS) is 12.6. The van der Waals surface area contributed by atoms with Crippen LogP contribution in [0.25, 0.3) is 0 Å². The number of aryl methyl sites for hydroxylation is 1. The van der Waals surface area contributed by atoms with Crippen molar-refractivity contribution in [1.82, 2.24) is 0 Å². The first-order valence-electron chi connectivity index (χ1n) is 6.61. The third kappa shape index (κ3) is 3.18. The van der Waals surface area contributed by atoms with E-state index in [-0.39, 0.29) is 0 Å². The van der Waals surface area contributed by atoms with Crippen molar-refractivity contribution >= 4 is 5.71 Å². The molecule has 94 valence electrons. The highest BCUT2D eigenvalue weighted by molar-refractivity contribution is 6.03. The molecule has 0 aliphatic rings. The van der Waals surface area contributed by atoms with Gasteiger partial charge in [0.15, 0.2) is 0 Å². The van der Waals surface area contributed by atoms with Crippen LogP contribution in [0, 0.1) is 5.92 Å². The second-order valence-corrected chi connectivity index (χ2v) is 5.19. The molecule has 0 aliphatic heterocycles. The number of benzene rings is 1. The lowest BCUT2D eigenvalue weighted by Crippen LogP contribution is -2.13. The lowest BCUT2D eigenvalue weighted by Gasteiger charge is -2.18. The maximum atomic E-state index is 4.47. The Labute approximate surface area is 106 Å². The zero-order chi connectivity index (χ0) is 13.0. The molecule has 0 amide bonds. The summed E-state index contributed by atoms with van der Waals surface area (Å²) in [6, 6.07) is 6.82. The summed E-state index contributed by atoms with van der Waals surface area (Å²) in [5, 5.41) is 0. The highest BCUT2D eigenvalue weighted by Gasteiger charge is 2.14. The highest BCUT2D eigenvalue weighted by Crippen LogP contribution is 2.24.